The summed E-state index contributed by atoms with van der Waals surface area (Å²) >= 11 is 0. The number of methoxy groups -OCH3 is 1. The molecule has 0 amide bonds. The van der Waals surface area contributed by atoms with Crippen molar-refractivity contribution in [2.45, 2.75) is 25.9 Å². The second-order valence-electron chi connectivity index (χ2n) is 5.65. The minimum atomic E-state index is -0.711. The van der Waals surface area contributed by atoms with E-state index >= 15 is 0 Å². The number of carbonyl (C=O) groups excluding carboxylic acids is 1. The van der Waals surface area contributed by atoms with Gasteiger partial charge in [-0.3, -0.25) is 4.79 Å². The number of benzene rings is 1. The van der Waals surface area contributed by atoms with Crippen LogP contribution in [0, 0.1) is 0 Å². The molecule has 130 valence electrons. The van der Waals surface area contributed by atoms with Crippen LogP contribution in [-0.2, 0) is 22.5 Å². The number of rotatable bonds is 6. The van der Waals surface area contributed by atoms with Crippen LogP contribution in [0.1, 0.15) is 12.5 Å². The van der Waals surface area contributed by atoms with Crippen molar-refractivity contribution in [3.63, 3.8) is 0 Å². The van der Waals surface area contributed by atoms with Gasteiger partial charge in [0.2, 0.25) is 0 Å². The molecule has 0 spiro atoms. The Balaban J connectivity index is 1.91. The monoisotopic (exact) mass is 340 g/mol. The van der Waals surface area contributed by atoms with Gasteiger partial charge in [0.25, 0.3) is 5.56 Å². The maximum Gasteiger partial charge on any atom is 0.328 e. The number of ether oxygens (including phenoxy) is 1. The SMILES string of the molecule is CCn1ccnc(N[C@@H](Cc2c[nH]c3ccccc23)C(=O)OC)c1=O. The molecule has 2 heterocycles. The molecule has 3 aromatic rings. The molecule has 0 radical (unpaired) electrons. The van der Waals surface area contributed by atoms with Crippen LogP contribution in [0.4, 0.5) is 5.82 Å². The molecular weight excluding hydrogens is 320 g/mol. The molecule has 1 aromatic carbocycles. The number of hydrogen-bond acceptors (Lipinski definition) is 5. The molecule has 0 aliphatic heterocycles. The molecule has 0 aliphatic carbocycles. The van der Waals surface area contributed by atoms with Gasteiger partial charge in [-0.2, -0.15) is 0 Å². The molecule has 0 bridgehead atoms. The summed E-state index contributed by atoms with van der Waals surface area (Å²) < 4.78 is 6.42. The molecule has 2 N–H and O–H groups in total. The number of aromatic nitrogens is 3. The first kappa shape index (κ1) is 16.8. The molecule has 7 heteroatoms. The van der Waals surface area contributed by atoms with E-state index in [1.165, 1.54) is 17.9 Å². The Morgan fingerprint density at radius 3 is 2.96 bits per heavy atom. The van der Waals surface area contributed by atoms with Crippen LogP contribution in [0.15, 0.2) is 47.7 Å². The van der Waals surface area contributed by atoms with Crippen LogP contribution < -0.4 is 10.9 Å². The lowest BCUT2D eigenvalue weighted by molar-refractivity contribution is -0.141. The van der Waals surface area contributed by atoms with E-state index < -0.39 is 12.0 Å². The number of anilines is 1. The van der Waals surface area contributed by atoms with Crippen LogP contribution in [0.2, 0.25) is 0 Å². The first-order valence-corrected chi connectivity index (χ1v) is 8.08. The van der Waals surface area contributed by atoms with Gasteiger partial charge in [-0.15, -0.1) is 0 Å². The van der Waals surface area contributed by atoms with Crippen molar-refractivity contribution in [2.75, 3.05) is 12.4 Å². The van der Waals surface area contributed by atoms with Gasteiger partial charge < -0.3 is 19.6 Å². The average molecular weight is 340 g/mol. The van der Waals surface area contributed by atoms with Gasteiger partial charge in [-0.25, -0.2) is 9.78 Å². The van der Waals surface area contributed by atoms with Gasteiger partial charge in [0.15, 0.2) is 5.82 Å². The highest BCUT2D eigenvalue weighted by Gasteiger charge is 2.23. The highest BCUT2D eigenvalue weighted by molar-refractivity contribution is 5.85. The Bertz CT molecular complexity index is 945. The minimum absolute atomic E-state index is 0.139. The standard InChI is InChI=1S/C18H20N4O3/c1-3-22-9-8-19-16(17(22)23)21-15(18(24)25-2)10-12-11-20-14-7-5-4-6-13(12)14/h4-9,11,15,20H,3,10H2,1-2H3,(H,19,21)/t15-/m0/s1. The predicted molar refractivity (Wildman–Crippen MR) is 95.6 cm³/mol. The predicted octanol–water partition coefficient (Wildman–Crippen LogP) is 1.94. The number of esters is 1. The van der Waals surface area contributed by atoms with Gasteiger partial charge in [0, 0.05) is 42.5 Å². The lowest BCUT2D eigenvalue weighted by Crippen LogP contribution is -2.36. The van der Waals surface area contributed by atoms with Crippen LogP contribution in [-0.4, -0.2) is 33.7 Å². The maximum atomic E-state index is 12.3. The topological polar surface area (TPSA) is 89.0 Å². The van der Waals surface area contributed by atoms with Crippen LogP contribution in [0.5, 0.6) is 0 Å². The first-order valence-electron chi connectivity index (χ1n) is 8.08. The lowest BCUT2D eigenvalue weighted by Gasteiger charge is -2.17. The Labute approximate surface area is 144 Å². The number of aromatic amines is 1. The zero-order valence-electron chi connectivity index (χ0n) is 14.2. The third kappa shape index (κ3) is 3.40. The zero-order valence-corrected chi connectivity index (χ0v) is 14.2. The molecule has 0 saturated carbocycles. The number of H-pyrrole nitrogens is 1. The fraction of sp³-hybridized carbons (Fsp3) is 0.278. The Morgan fingerprint density at radius 1 is 1.40 bits per heavy atom. The summed E-state index contributed by atoms with van der Waals surface area (Å²) in [6.07, 6.45) is 5.39. The van der Waals surface area contributed by atoms with Crippen molar-refractivity contribution in [3.8, 4) is 0 Å². The Kier molecular flexibility index (Phi) is 4.83. The van der Waals surface area contributed by atoms with E-state index in [0.717, 1.165) is 16.5 Å². The Hall–Kier alpha value is -3.09. The molecule has 0 unspecified atom stereocenters. The third-order valence-corrected chi connectivity index (χ3v) is 4.15. The molecule has 1 atom stereocenters. The van der Waals surface area contributed by atoms with E-state index in [4.69, 9.17) is 4.74 Å². The number of hydrogen-bond donors (Lipinski definition) is 2. The van der Waals surface area contributed by atoms with Crippen LogP contribution >= 0.6 is 0 Å². The van der Waals surface area contributed by atoms with Crippen molar-refractivity contribution >= 4 is 22.7 Å². The molecular formula is C18H20N4O3. The number of carbonyl (C=O) groups is 1. The summed E-state index contributed by atoms with van der Waals surface area (Å²) in [4.78, 5) is 31.8. The summed E-state index contributed by atoms with van der Waals surface area (Å²) in [7, 11) is 1.33. The fourth-order valence-electron chi connectivity index (χ4n) is 2.82. The van der Waals surface area contributed by atoms with Crippen molar-refractivity contribution in [2.24, 2.45) is 0 Å². The second kappa shape index (κ2) is 7.21. The Morgan fingerprint density at radius 2 is 2.20 bits per heavy atom. The summed E-state index contributed by atoms with van der Waals surface area (Å²) in [5.41, 5.74) is 1.69. The average Bonchev–Trinajstić information content (AvgIpc) is 3.05. The largest absolute Gasteiger partial charge is 0.467 e. The summed E-state index contributed by atoms with van der Waals surface area (Å²) in [6, 6.07) is 7.13. The van der Waals surface area contributed by atoms with Crippen LogP contribution in [0.25, 0.3) is 10.9 Å². The summed E-state index contributed by atoms with van der Waals surface area (Å²) in [5, 5.41) is 3.98. The van der Waals surface area contributed by atoms with Gasteiger partial charge in [-0.1, -0.05) is 18.2 Å². The van der Waals surface area contributed by atoms with Gasteiger partial charge in [0.05, 0.1) is 7.11 Å². The van der Waals surface area contributed by atoms with Crippen molar-refractivity contribution in [3.05, 3.63) is 58.8 Å². The van der Waals surface area contributed by atoms with E-state index in [-0.39, 0.29) is 11.4 Å². The van der Waals surface area contributed by atoms with Gasteiger partial charge >= 0.3 is 5.97 Å². The second-order valence-corrected chi connectivity index (χ2v) is 5.65. The van der Waals surface area contributed by atoms with Gasteiger partial charge in [-0.05, 0) is 18.6 Å². The highest BCUT2D eigenvalue weighted by atomic mass is 16.5. The molecule has 0 aliphatic rings. The summed E-state index contributed by atoms with van der Waals surface area (Å²) in [5.74, 6) is -0.307. The third-order valence-electron chi connectivity index (χ3n) is 4.15. The highest BCUT2D eigenvalue weighted by Crippen LogP contribution is 2.20. The molecule has 3 rings (SSSR count). The number of para-hydroxylation sites is 1. The minimum Gasteiger partial charge on any atom is -0.467 e. The van der Waals surface area contributed by atoms with Crippen molar-refractivity contribution in [1.29, 1.82) is 0 Å². The van der Waals surface area contributed by atoms with E-state index in [2.05, 4.69) is 15.3 Å². The number of fused-ring (bicyclic) bond motifs is 1. The number of nitrogens with one attached hydrogen (secondary N) is 2. The number of aryl methyl sites for hydroxylation is 1. The number of nitrogens with zero attached hydrogens (tertiary/aromatic N) is 2. The summed E-state index contributed by atoms with van der Waals surface area (Å²) in [6.45, 7) is 2.40. The smallest absolute Gasteiger partial charge is 0.328 e. The van der Waals surface area contributed by atoms with E-state index in [0.29, 0.717) is 13.0 Å². The quantitative estimate of drug-likeness (QED) is 0.670. The van der Waals surface area contributed by atoms with Gasteiger partial charge in [0.1, 0.15) is 6.04 Å². The van der Waals surface area contributed by atoms with Crippen LogP contribution in [0.3, 0.4) is 0 Å². The molecule has 0 saturated heterocycles. The normalized spacial score (nSPS) is 12.1. The zero-order chi connectivity index (χ0) is 17.8. The molecule has 2 aromatic heterocycles. The fourth-order valence-corrected chi connectivity index (χ4v) is 2.82. The molecule has 0 fully saturated rings. The maximum absolute atomic E-state index is 12.3. The first-order chi connectivity index (χ1) is 12.1. The lowest BCUT2D eigenvalue weighted by atomic mass is 10.0. The van der Waals surface area contributed by atoms with E-state index in [1.54, 1.807) is 6.20 Å². The molecule has 25 heavy (non-hydrogen) atoms. The van der Waals surface area contributed by atoms with E-state index in [9.17, 15) is 9.59 Å². The molecule has 7 nitrogen and oxygen atoms in total. The van der Waals surface area contributed by atoms with Crippen molar-refractivity contribution < 1.29 is 9.53 Å². The van der Waals surface area contributed by atoms with E-state index in [1.807, 2.05) is 37.4 Å². The van der Waals surface area contributed by atoms with Crippen molar-refractivity contribution in [1.82, 2.24) is 14.5 Å².